The van der Waals surface area contributed by atoms with Crippen LogP contribution in [0.1, 0.15) is 107 Å². The van der Waals surface area contributed by atoms with Crippen molar-refractivity contribution in [1.82, 2.24) is 9.97 Å². The van der Waals surface area contributed by atoms with Crippen molar-refractivity contribution in [3.05, 3.63) is 96.3 Å². The minimum Gasteiger partial charge on any atom is -0.423 e. The zero-order valence-corrected chi connectivity index (χ0v) is 27.4. The van der Waals surface area contributed by atoms with E-state index in [4.69, 9.17) is 4.74 Å². The van der Waals surface area contributed by atoms with Crippen LogP contribution in [0, 0.1) is 0 Å². The van der Waals surface area contributed by atoms with Gasteiger partial charge in [0.2, 0.25) is 0 Å². The van der Waals surface area contributed by atoms with Crippen molar-refractivity contribution in [2.24, 2.45) is 0 Å². The van der Waals surface area contributed by atoms with E-state index in [0.29, 0.717) is 17.1 Å². The molecule has 4 aromatic rings. The first-order valence-electron chi connectivity index (χ1n) is 16.6. The fourth-order valence-corrected chi connectivity index (χ4v) is 6.11. The molecule has 232 valence electrons. The Hall–Kier alpha value is -3.44. The van der Waals surface area contributed by atoms with Gasteiger partial charge in [0.1, 0.15) is 5.75 Å². The van der Waals surface area contributed by atoms with Crippen molar-refractivity contribution in [1.29, 1.82) is 0 Å². The van der Waals surface area contributed by atoms with Crippen LogP contribution in [0.4, 0.5) is 0 Å². The number of aromatic nitrogens is 2. The number of carbonyl (C=O) groups is 1. The molecule has 0 N–H and O–H groups in total. The van der Waals surface area contributed by atoms with Gasteiger partial charge in [-0.1, -0.05) is 102 Å². The van der Waals surface area contributed by atoms with Crippen LogP contribution in [0.15, 0.2) is 90.1 Å². The Balaban J connectivity index is 1.22. The zero-order valence-electron chi connectivity index (χ0n) is 26.6. The van der Waals surface area contributed by atoms with Crippen LogP contribution in [-0.4, -0.2) is 21.7 Å². The van der Waals surface area contributed by atoms with Crippen molar-refractivity contribution < 1.29 is 9.53 Å². The molecule has 0 saturated heterocycles. The highest BCUT2D eigenvalue weighted by Gasteiger charge is 2.10. The summed E-state index contributed by atoms with van der Waals surface area (Å²) < 4.78 is 5.64. The van der Waals surface area contributed by atoms with E-state index in [9.17, 15) is 4.79 Å². The maximum atomic E-state index is 12.8. The second-order valence-corrected chi connectivity index (χ2v) is 12.7. The lowest BCUT2D eigenvalue weighted by Crippen LogP contribution is -2.08. The third kappa shape index (κ3) is 11.2. The molecule has 0 fully saturated rings. The first-order chi connectivity index (χ1) is 21.7. The van der Waals surface area contributed by atoms with Crippen molar-refractivity contribution in [3.8, 4) is 28.3 Å². The average molecular weight is 609 g/mol. The van der Waals surface area contributed by atoms with Crippen LogP contribution in [0.25, 0.3) is 22.5 Å². The van der Waals surface area contributed by atoms with Gasteiger partial charge in [0, 0.05) is 22.9 Å². The number of carbonyl (C=O) groups excluding carboxylic acids is 1. The molecule has 1 heterocycles. The number of hydrogen-bond acceptors (Lipinski definition) is 5. The summed E-state index contributed by atoms with van der Waals surface area (Å²) in [7, 11) is 0. The van der Waals surface area contributed by atoms with Gasteiger partial charge in [-0.25, -0.2) is 14.8 Å². The Labute approximate surface area is 269 Å². The molecule has 4 rings (SSSR count). The van der Waals surface area contributed by atoms with E-state index in [0.717, 1.165) is 23.1 Å². The number of benzene rings is 3. The minimum atomic E-state index is -0.374. The van der Waals surface area contributed by atoms with E-state index in [1.165, 1.54) is 93.3 Å². The maximum Gasteiger partial charge on any atom is 0.343 e. The van der Waals surface area contributed by atoms with Gasteiger partial charge in [-0.2, -0.15) is 0 Å². The summed E-state index contributed by atoms with van der Waals surface area (Å²) >= 11 is 1.93. The van der Waals surface area contributed by atoms with Crippen molar-refractivity contribution >= 4 is 17.7 Å². The SMILES string of the molecule is CCCCCCCCCc1cnc(-c2ccc(OC(=O)c3ccc(-c4ccc(SCCCCCCC)cc4)cc3)cc2)nc1. The molecule has 0 unspecified atom stereocenters. The molecule has 44 heavy (non-hydrogen) atoms. The standard InChI is InChI=1S/C39H48N2O2S/c1-3-5-7-9-10-11-13-15-31-29-40-38(41-30-31)34-20-24-36(25-21-34)43-39(42)35-18-16-32(17-19-35)33-22-26-37(27-23-33)44-28-14-12-8-6-4-2/h16-27,29-30H,3-15,28H2,1-2H3. The summed E-state index contributed by atoms with van der Waals surface area (Å²) in [4.78, 5) is 23.2. The lowest BCUT2D eigenvalue weighted by Gasteiger charge is -2.08. The van der Waals surface area contributed by atoms with Gasteiger partial charge in [0.15, 0.2) is 5.82 Å². The van der Waals surface area contributed by atoms with Gasteiger partial charge in [-0.3, -0.25) is 0 Å². The largest absolute Gasteiger partial charge is 0.423 e. The molecule has 0 saturated carbocycles. The Morgan fingerprint density at radius 1 is 0.614 bits per heavy atom. The molecule has 3 aromatic carbocycles. The van der Waals surface area contributed by atoms with Crippen LogP contribution in [0.2, 0.25) is 0 Å². The summed E-state index contributed by atoms with van der Waals surface area (Å²) in [6.45, 7) is 4.51. The molecule has 0 bridgehead atoms. The number of hydrogen-bond donors (Lipinski definition) is 0. The average Bonchev–Trinajstić information content (AvgIpc) is 3.07. The number of rotatable bonds is 19. The molecule has 0 aliphatic heterocycles. The lowest BCUT2D eigenvalue weighted by atomic mass is 10.0. The molecule has 1 aromatic heterocycles. The van der Waals surface area contributed by atoms with Gasteiger partial charge in [0.25, 0.3) is 0 Å². The van der Waals surface area contributed by atoms with E-state index < -0.39 is 0 Å². The monoisotopic (exact) mass is 608 g/mol. The van der Waals surface area contributed by atoms with Crippen LogP contribution in [0.3, 0.4) is 0 Å². The highest BCUT2D eigenvalue weighted by molar-refractivity contribution is 7.99. The molecule has 5 heteroatoms. The molecule has 0 radical (unpaired) electrons. The zero-order chi connectivity index (χ0) is 30.8. The van der Waals surface area contributed by atoms with Gasteiger partial charge >= 0.3 is 5.97 Å². The lowest BCUT2D eigenvalue weighted by molar-refractivity contribution is 0.0735. The summed E-state index contributed by atoms with van der Waals surface area (Å²) in [6, 6.07) is 23.7. The summed E-state index contributed by atoms with van der Waals surface area (Å²) in [5.74, 6) is 1.97. The molecular formula is C39H48N2O2S. The van der Waals surface area contributed by atoms with E-state index >= 15 is 0 Å². The fraction of sp³-hybridized carbons (Fsp3) is 0.410. The van der Waals surface area contributed by atoms with Crippen molar-refractivity contribution in [2.45, 2.75) is 102 Å². The van der Waals surface area contributed by atoms with E-state index in [2.05, 4.69) is 48.1 Å². The van der Waals surface area contributed by atoms with Crippen molar-refractivity contribution in [2.75, 3.05) is 5.75 Å². The third-order valence-corrected chi connectivity index (χ3v) is 9.02. The Morgan fingerprint density at radius 3 is 1.75 bits per heavy atom. The predicted octanol–water partition coefficient (Wildman–Crippen LogP) is 11.4. The minimum absolute atomic E-state index is 0.374. The number of thioether (sulfide) groups is 1. The third-order valence-electron chi connectivity index (χ3n) is 7.92. The molecule has 4 nitrogen and oxygen atoms in total. The Kier molecular flexibility index (Phi) is 14.5. The number of nitrogens with zero attached hydrogens (tertiary/aromatic N) is 2. The summed E-state index contributed by atoms with van der Waals surface area (Å²) in [6.07, 6.45) is 20.6. The molecule has 0 amide bonds. The smallest absolute Gasteiger partial charge is 0.343 e. The number of ether oxygens (including phenoxy) is 1. The number of aryl methyl sites for hydroxylation is 1. The number of esters is 1. The molecule has 0 atom stereocenters. The van der Waals surface area contributed by atoms with Crippen LogP contribution >= 0.6 is 11.8 Å². The molecular weight excluding hydrogens is 561 g/mol. The normalized spacial score (nSPS) is 11.0. The van der Waals surface area contributed by atoms with Crippen LogP contribution in [0.5, 0.6) is 5.75 Å². The second kappa shape index (κ2) is 19.1. The Morgan fingerprint density at radius 2 is 1.14 bits per heavy atom. The quantitative estimate of drug-likeness (QED) is 0.0459. The maximum absolute atomic E-state index is 12.8. The first kappa shape index (κ1) is 33.5. The highest BCUT2D eigenvalue weighted by Crippen LogP contribution is 2.26. The van der Waals surface area contributed by atoms with Crippen LogP contribution in [-0.2, 0) is 6.42 Å². The van der Waals surface area contributed by atoms with Crippen LogP contribution < -0.4 is 4.74 Å². The van der Waals surface area contributed by atoms with Gasteiger partial charge in [-0.05, 0) is 90.2 Å². The van der Waals surface area contributed by atoms with E-state index in [1.54, 1.807) is 12.1 Å². The van der Waals surface area contributed by atoms with Crippen molar-refractivity contribution in [3.63, 3.8) is 0 Å². The van der Waals surface area contributed by atoms with Gasteiger partial charge in [0.05, 0.1) is 5.56 Å². The summed E-state index contributed by atoms with van der Waals surface area (Å²) in [5, 5.41) is 0. The second-order valence-electron chi connectivity index (χ2n) is 11.6. The highest BCUT2D eigenvalue weighted by atomic mass is 32.2. The van der Waals surface area contributed by atoms with Gasteiger partial charge < -0.3 is 4.74 Å². The molecule has 0 spiro atoms. The number of unbranched alkanes of at least 4 members (excludes halogenated alkanes) is 10. The first-order valence-corrected chi connectivity index (χ1v) is 17.6. The Bertz CT molecular complexity index is 1370. The molecule has 0 aliphatic carbocycles. The summed E-state index contributed by atoms with van der Waals surface area (Å²) in [5.41, 5.74) is 4.82. The van der Waals surface area contributed by atoms with Gasteiger partial charge in [-0.15, -0.1) is 11.8 Å². The predicted molar refractivity (Wildman–Crippen MR) is 185 cm³/mol. The topological polar surface area (TPSA) is 52.1 Å². The molecule has 0 aliphatic rings. The van der Waals surface area contributed by atoms with E-state index in [1.807, 2.05) is 60.6 Å². The fourth-order valence-electron chi connectivity index (χ4n) is 5.20. The van der Waals surface area contributed by atoms with E-state index in [-0.39, 0.29) is 5.97 Å².